The number of piperidine rings is 1. The molecule has 36 heavy (non-hydrogen) atoms. The number of hydroxylamine groups is 2. The van der Waals surface area contributed by atoms with Crippen molar-refractivity contribution in [2.45, 2.75) is 25.3 Å². The van der Waals surface area contributed by atoms with Crippen molar-refractivity contribution < 1.29 is 14.4 Å². The highest BCUT2D eigenvalue weighted by Gasteiger charge is 2.24. The quantitative estimate of drug-likeness (QED) is 0.346. The lowest BCUT2D eigenvalue weighted by molar-refractivity contribution is -0.138. The molecule has 5 heterocycles. The topological polar surface area (TPSA) is 113 Å². The number of carbonyl (C=O) groups excluding carboxylic acids is 1. The summed E-state index contributed by atoms with van der Waals surface area (Å²) in [6.45, 7) is 1.23. The summed E-state index contributed by atoms with van der Waals surface area (Å²) in [6, 6.07) is 10.5. The van der Waals surface area contributed by atoms with Crippen LogP contribution in [0.15, 0.2) is 61.3 Å². The van der Waals surface area contributed by atoms with E-state index in [-0.39, 0.29) is 6.04 Å². The summed E-state index contributed by atoms with van der Waals surface area (Å²) >= 11 is 0. The van der Waals surface area contributed by atoms with Gasteiger partial charge in [-0.25, -0.2) is 19.3 Å². The van der Waals surface area contributed by atoms with Gasteiger partial charge in [0.25, 0.3) is 5.78 Å². The molecule has 182 valence electrons. The van der Waals surface area contributed by atoms with Crippen LogP contribution >= 0.6 is 0 Å². The zero-order chi connectivity index (χ0) is 24.5. The molecule has 4 aromatic heterocycles. The molecule has 11 nitrogen and oxygen atoms in total. The summed E-state index contributed by atoms with van der Waals surface area (Å²) in [5.74, 6) is 0.557. The van der Waals surface area contributed by atoms with E-state index in [1.54, 1.807) is 28.2 Å². The van der Waals surface area contributed by atoms with Gasteiger partial charge in [0, 0.05) is 42.9 Å². The Bertz CT molecular complexity index is 1540. The standard InChI is InChI=1S/C25H24N8O3/c1-35-25(34)36-31-9-6-20(7-10-31)32-16-19(13-29-32)23-15-28-24-27-14-21(33(24)30-23)12-17-4-5-22-18(11-17)3-2-8-26-22/h2-5,8,11,13-16,20H,6-7,9-10,12H2,1H3. The molecule has 1 aliphatic heterocycles. The number of hydrogen-bond acceptors (Lipinski definition) is 9. The maximum Gasteiger partial charge on any atom is 0.527 e. The van der Waals surface area contributed by atoms with Gasteiger partial charge in [0.2, 0.25) is 0 Å². The first-order valence-electron chi connectivity index (χ1n) is 11.7. The third kappa shape index (κ3) is 4.36. The van der Waals surface area contributed by atoms with Gasteiger partial charge in [0.15, 0.2) is 0 Å². The Morgan fingerprint density at radius 3 is 2.81 bits per heavy atom. The van der Waals surface area contributed by atoms with Gasteiger partial charge in [0.1, 0.15) is 5.69 Å². The van der Waals surface area contributed by atoms with Gasteiger partial charge in [0.05, 0.1) is 43.0 Å². The Hall–Kier alpha value is -4.38. The number of aromatic nitrogens is 7. The maximum atomic E-state index is 11.3. The van der Waals surface area contributed by atoms with E-state index < -0.39 is 6.16 Å². The lowest BCUT2D eigenvalue weighted by Gasteiger charge is -2.29. The first kappa shape index (κ1) is 22.1. The van der Waals surface area contributed by atoms with Crippen LogP contribution in [0.25, 0.3) is 27.9 Å². The highest BCUT2D eigenvalue weighted by Crippen LogP contribution is 2.25. The van der Waals surface area contributed by atoms with Gasteiger partial charge >= 0.3 is 6.16 Å². The van der Waals surface area contributed by atoms with Crippen LogP contribution in [-0.4, -0.2) is 65.8 Å². The Kier molecular flexibility index (Phi) is 5.74. The fourth-order valence-corrected chi connectivity index (χ4v) is 4.53. The molecule has 0 atom stereocenters. The molecule has 11 heteroatoms. The number of hydrogen-bond donors (Lipinski definition) is 0. The van der Waals surface area contributed by atoms with E-state index in [0.29, 0.717) is 25.3 Å². The van der Waals surface area contributed by atoms with E-state index >= 15 is 0 Å². The molecule has 1 saturated heterocycles. The lowest BCUT2D eigenvalue weighted by atomic mass is 10.1. The molecule has 1 aliphatic rings. The van der Waals surface area contributed by atoms with E-state index in [9.17, 15) is 4.79 Å². The molecule has 0 amide bonds. The number of fused-ring (bicyclic) bond motifs is 2. The minimum Gasteiger partial charge on any atom is -0.436 e. The highest BCUT2D eigenvalue weighted by molar-refractivity contribution is 5.79. The molecular weight excluding hydrogens is 460 g/mol. The van der Waals surface area contributed by atoms with E-state index in [1.807, 2.05) is 29.2 Å². The number of nitrogens with zero attached hydrogens (tertiary/aromatic N) is 8. The van der Waals surface area contributed by atoms with Crippen LogP contribution in [0.4, 0.5) is 4.79 Å². The molecule has 5 aromatic rings. The predicted molar refractivity (Wildman–Crippen MR) is 130 cm³/mol. The summed E-state index contributed by atoms with van der Waals surface area (Å²) in [7, 11) is 1.30. The average molecular weight is 485 g/mol. The minimum atomic E-state index is -0.694. The SMILES string of the molecule is COC(=O)ON1CCC(n2cc(-c3cnc4ncc(Cc5ccc6ncccc6c5)n4n3)cn2)CC1. The van der Waals surface area contributed by atoms with Crippen LogP contribution in [0.5, 0.6) is 0 Å². The second kappa shape index (κ2) is 9.34. The molecule has 0 unspecified atom stereocenters. The number of pyridine rings is 1. The van der Waals surface area contributed by atoms with Gasteiger partial charge < -0.3 is 9.57 Å². The zero-order valence-corrected chi connectivity index (χ0v) is 19.7. The normalized spacial score (nSPS) is 14.9. The summed E-state index contributed by atoms with van der Waals surface area (Å²) < 4.78 is 8.31. The summed E-state index contributed by atoms with van der Waals surface area (Å²) in [4.78, 5) is 29.8. The van der Waals surface area contributed by atoms with Crippen molar-refractivity contribution in [3.05, 3.63) is 72.6 Å². The summed E-state index contributed by atoms with van der Waals surface area (Å²) in [6.07, 6.45) is 10.7. The Morgan fingerprint density at radius 2 is 1.94 bits per heavy atom. The predicted octanol–water partition coefficient (Wildman–Crippen LogP) is 3.46. The van der Waals surface area contributed by atoms with Crippen molar-refractivity contribution in [2.24, 2.45) is 0 Å². The van der Waals surface area contributed by atoms with Gasteiger partial charge in [-0.2, -0.15) is 10.2 Å². The molecule has 0 saturated carbocycles. The van der Waals surface area contributed by atoms with Crippen molar-refractivity contribution in [3.8, 4) is 11.3 Å². The molecule has 1 aromatic carbocycles. The smallest absolute Gasteiger partial charge is 0.436 e. The van der Waals surface area contributed by atoms with Gasteiger partial charge in [-0.15, -0.1) is 5.06 Å². The number of benzene rings is 1. The van der Waals surface area contributed by atoms with Crippen LogP contribution < -0.4 is 0 Å². The van der Waals surface area contributed by atoms with Crippen LogP contribution in [0.2, 0.25) is 0 Å². The van der Waals surface area contributed by atoms with Crippen LogP contribution in [0, 0.1) is 0 Å². The first-order valence-corrected chi connectivity index (χ1v) is 11.7. The molecule has 1 fully saturated rings. The van der Waals surface area contributed by atoms with E-state index in [1.165, 1.54) is 7.11 Å². The Balaban J connectivity index is 1.20. The molecule has 0 spiro atoms. The van der Waals surface area contributed by atoms with Crippen molar-refractivity contribution in [2.75, 3.05) is 20.2 Å². The van der Waals surface area contributed by atoms with Gasteiger partial charge in [-0.05, 0) is 36.6 Å². The molecule has 0 radical (unpaired) electrons. The molecule has 6 rings (SSSR count). The average Bonchev–Trinajstić information content (AvgIpc) is 3.56. The number of ether oxygens (including phenoxy) is 1. The summed E-state index contributed by atoms with van der Waals surface area (Å²) in [5.41, 5.74) is 4.68. The number of methoxy groups -OCH3 is 1. The monoisotopic (exact) mass is 484 g/mol. The lowest BCUT2D eigenvalue weighted by Crippen LogP contribution is -2.36. The largest absolute Gasteiger partial charge is 0.527 e. The van der Waals surface area contributed by atoms with Crippen molar-refractivity contribution in [1.29, 1.82) is 0 Å². The van der Waals surface area contributed by atoms with Gasteiger partial charge in [-0.1, -0.05) is 12.1 Å². The molecule has 0 bridgehead atoms. The number of carbonyl (C=O) groups is 1. The minimum absolute atomic E-state index is 0.208. The van der Waals surface area contributed by atoms with Crippen molar-refractivity contribution in [3.63, 3.8) is 0 Å². The first-order chi connectivity index (χ1) is 17.7. The summed E-state index contributed by atoms with van der Waals surface area (Å²) in [5, 5.41) is 12.1. The third-order valence-electron chi connectivity index (χ3n) is 6.42. The van der Waals surface area contributed by atoms with E-state index in [2.05, 4.69) is 43.0 Å². The molecular formula is C25H24N8O3. The number of imidazole rings is 1. The van der Waals surface area contributed by atoms with Crippen molar-refractivity contribution in [1.82, 2.24) is 39.4 Å². The second-order valence-corrected chi connectivity index (χ2v) is 8.73. The molecule has 0 aliphatic carbocycles. The van der Waals surface area contributed by atoms with Crippen LogP contribution in [-0.2, 0) is 16.0 Å². The van der Waals surface area contributed by atoms with Crippen molar-refractivity contribution >= 4 is 22.8 Å². The van der Waals surface area contributed by atoms with E-state index in [0.717, 1.165) is 46.3 Å². The zero-order valence-electron chi connectivity index (χ0n) is 19.7. The second-order valence-electron chi connectivity index (χ2n) is 8.73. The fraction of sp³-hybridized carbons (Fsp3) is 0.280. The maximum absolute atomic E-state index is 11.3. The van der Waals surface area contributed by atoms with Crippen LogP contribution in [0.3, 0.4) is 0 Å². The fourth-order valence-electron chi connectivity index (χ4n) is 4.53. The highest BCUT2D eigenvalue weighted by atomic mass is 16.8. The van der Waals surface area contributed by atoms with E-state index in [4.69, 9.17) is 9.94 Å². The number of rotatable bonds is 5. The Morgan fingerprint density at radius 1 is 1.08 bits per heavy atom. The Labute approximate surface area is 206 Å². The van der Waals surface area contributed by atoms with Crippen LogP contribution in [0.1, 0.15) is 30.1 Å². The van der Waals surface area contributed by atoms with Gasteiger partial charge in [-0.3, -0.25) is 9.67 Å². The third-order valence-corrected chi connectivity index (χ3v) is 6.42. The molecule has 0 N–H and O–H groups in total.